The molecule has 2 aliphatic heterocycles. The van der Waals surface area contributed by atoms with Crippen molar-refractivity contribution >= 4 is 35.9 Å². The number of guanidine groups is 1. The maximum atomic E-state index is 6.29. The molecule has 4 rings (SSSR count). The maximum absolute atomic E-state index is 6.29. The molecule has 0 amide bonds. The number of rotatable bonds is 4. The summed E-state index contributed by atoms with van der Waals surface area (Å²) in [6.07, 6.45) is 4.68. The summed E-state index contributed by atoms with van der Waals surface area (Å²) in [5, 5.41) is 0. The van der Waals surface area contributed by atoms with Gasteiger partial charge in [0, 0.05) is 57.7 Å². The largest absolute Gasteiger partial charge is 0.370 e. The normalized spacial score (nSPS) is 18.7. The third-order valence-corrected chi connectivity index (χ3v) is 5.74. The van der Waals surface area contributed by atoms with Crippen LogP contribution < -0.4 is 10.6 Å². The summed E-state index contributed by atoms with van der Waals surface area (Å²) >= 11 is 0. The van der Waals surface area contributed by atoms with Gasteiger partial charge in [0.25, 0.3) is 0 Å². The number of nitrogens with two attached hydrogens (primary N) is 1. The summed E-state index contributed by atoms with van der Waals surface area (Å²) in [5.74, 6) is 1.44. The molecule has 0 aliphatic carbocycles. The first kappa shape index (κ1) is 21.8. The molecule has 0 bridgehead atoms. The van der Waals surface area contributed by atoms with E-state index in [-0.39, 0.29) is 24.0 Å². The zero-order valence-electron chi connectivity index (χ0n) is 16.9. The van der Waals surface area contributed by atoms with Gasteiger partial charge in [-0.3, -0.25) is 9.89 Å². The summed E-state index contributed by atoms with van der Waals surface area (Å²) in [6.45, 7) is 8.48. The molecule has 1 aromatic heterocycles. The number of anilines is 1. The summed E-state index contributed by atoms with van der Waals surface area (Å²) in [5.41, 5.74) is 9.22. The van der Waals surface area contributed by atoms with Crippen molar-refractivity contribution in [1.29, 1.82) is 0 Å². The highest BCUT2D eigenvalue weighted by atomic mass is 127. The lowest BCUT2D eigenvalue weighted by Crippen LogP contribution is -2.52. The van der Waals surface area contributed by atoms with E-state index in [1.54, 1.807) is 12.4 Å². The van der Waals surface area contributed by atoms with E-state index >= 15 is 0 Å². The van der Waals surface area contributed by atoms with Crippen molar-refractivity contribution < 1.29 is 0 Å². The number of piperazine rings is 1. The molecular weight excluding hydrogens is 477 g/mol. The van der Waals surface area contributed by atoms with Crippen LogP contribution in [0.5, 0.6) is 0 Å². The Morgan fingerprint density at radius 3 is 2.45 bits per heavy atom. The number of hydrogen-bond acceptors (Lipinski definition) is 5. The van der Waals surface area contributed by atoms with Gasteiger partial charge < -0.3 is 15.5 Å². The predicted octanol–water partition coefficient (Wildman–Crippen LogP) is 1.98. The standard InChI is InChI=1S/C21H29N7.HI/c1-17(28-10-7-18-5-2-3-6-19(18)16-28)15-25-20(22)26-11-13-27(14-12-26)21-23-8-4-9-24-21;/h2-6,8-9,17H,7,10-16H2,1H3,(H2,22,25);1H. The van der Waals surface area contributed by atoms with Crippen molar-refractivity contribution in [3.05, 3.63) is 53.9 Å². The van der Waals surface area contributed by atoms with E-state index < -0.39 is 0 Å². The van der Waals surface area contributed by atoms with Crippen LogP contribution in [0.3, 0.4) is 0 Å². The second kappa shape index (κ2) is 10.2. The fraction of sp³-hybridized carbons (Fsp3) is 0.476. The molecule has 1 aromatic carbocycles. The second-order valence-corrected chi connectivity index (χ2v) is 7.56. The Morgan fingerprint density at radius 1 is 1.03 bits per heavy atom. The summed E-state index contributed by atoms with van der Waals surface area (Å²) in [7, 11) is 0. The Bertz CT molecular complexity index is 806. The van der Waals surface area contributed by atoms with E-state index in [0.717, 1.165) is 58.2 Å². The number of aliphatic imine (C=N–C) groups is 1. The molecule has 1 fully saturated rings. The minimum absolute atomic E-state index is 0. The van der Waals surface area contributed by atoms with Gasteiger partial charge >= 0.3 is 0 Å². The molecule has 0 spiro atoms. The lowest BCUT2D eigenvalue weighted by molar-refractivity contribution is 0.195. The molecule has 7 nitrogen and oxygen atoms in total. The Kier molecular flexibility index (Phi) is 7.65. The van der Waals surface area contributed by atoms with Crippen LogP contribution in [0.25, 0.3) is 0 Å². The highest BCUT2D eigenvalue weighted by Gasteiger charge is 2.22. The van der Waals surface area contributed by atoms with Gasteiger partial charge in [0.15, 0.2) is 5.96 Å². The molecule has 2 N–H and O–H groups in total. The van der Waals surface area contributed by atoms with Crippen molar-refractivity contribution in [3.8, 4) is 0 Å². The first-order valence-corrected chi connectivity index (χ1v) is 10.1. The Balaban J connectivity index is 0.00000240. The minimum Gasteiger partial charge on any atom is -0.370 e. The van der Waals surface area contributed by atoms with E-state index in [4.69, 9.17) is 10.7 Å². The summed E-state index contributed by atoms with van der Waals surface area (Å²) < 4.78 is 0. The number of nitrogens with zero attached hydrogens (tertiary/aromatic N) is 6. The summed E-state index contributed by atoms with van der Waals surface area (Å²) in [4.78, 5) is 20.2. The zero-order chi connectivity index (χ0) is 19.3. The SMILES string of the molecule is CC(CN=C(N)N1CCN(c2ncccn2)CC1)N1CCc2ccccc2C1.I. The lowest BCUT2D eigenvalue weighted by atomic mass is 9.99. The van der Waals surface area contributed by atoms with Crippen molar-refractivity contribution in [1.82, 2.24) is 19.8 Å². The highest BCUT2D eigenvalue weighted by molar-refractivity contribution is 14.0. The molecule has 156 valence electrons. The quantitative estimate of drug-likeness (QED) is 0.388. The first-order valence-electron chi connectivity index (χ1n) is 10.1. The smallest absolute Gasteiger partial charge is 0.225 e. The van der Waals surface area contributed by atoms with Gasteiger partial charge in [0.05, 0.1) is 6.54 Å². The Morgan fingerprint density at radius 2 is 1.72 bits per heavy atom. The third-order valence-electron chi connectivity index (χ3n) is 5.74. The second-order valence-electron chi connectivity index (χ2n) is 7.56. The van der Waals surface area contributed by atoms with Gasteiger partial charge in [-0.25, -0.2) is 9.97 Å². The number of fused-ring (bicyclic) bond motifs is 1. The van der Waals surface area contributed by atoms with Crippen LogP contribution >= 0.6 is 24.0 Å². The van der Waals surface area contributed by atoms with Crippen LogP contribution in [-0.4, -0.2) is 71.0 Å². The minimum atomic E-state index is 0. The molecule has 2 aliphatic rings. The average Bonchev–Trinajstić information content (AvgIpc) is 2.77. The van der Waals surface area contributed by atoms with Crippen molar-refractivity contribution in [2.45, 2.75) is 25.9 Å². The average molecular weight is 507 g/mol. The van der Waals surface area contributed by atoms with Crippen LogP contribution in [0, 0.1) is 0 Å². The van der Waals surface area contributed by atoms with Crippen LogP contribution in [0.1, 0.15) is 18.1 Å². The Hall–Kier alpha value is -1.94. The topological polar surface area (TPSA) is 73.9 Å². The van der Waals surface area contributed by atoms with Crippen molar-refractivity contribution in [2.24, 2.45) is 10.7 Å². The molecule has 0 radical (unpaired) electrons. The number of hydrogen-bond donors (Lipinski definition) is 1. The molecule has 2 aromatic rings. The number of benzene rings is 1. The van der Waals surface area contributed by atoms with Gasteiger partial charge in [-0.15, -0.1) is 24.0 Å². The zero-order valence-corrected chi connectivity index (χ0v) is 19.3. The van der Waals surface area contributed by atoms with E-state index in [0.29, 0.717) is 12.0 Å². The first-order chi connectivity index (χ1) is 13.7. The monoisotopic (exact) mass is 507 g/mol. The molecule has 3 heterocycles. The third kappa shape index (κ3) is 5.36. The van der Waals surface area contributed by atoms with E-state index in [9.17, 15) is 0 Å². The molecule has 1 atom stereocenters. The van der Waals surface area contributed by atoms with Gasteiger partial charge in [-0.2, -0.15) is 0 Å². The van der Waals surface area contributed by atoms with E-state index in [1.165, 1.54) is 11.1 Å². The van der Waals surface area contributed by atoms with Crippen LogP contribution in [0.4, 0.5) is 5.95 Å². The molecule has 1 saturated heterocycles. The predicted molar refractivity (Wildman–Crippen MR) is 128 cm³/mol. The van der Waals surface area contributed by atoms with Gasteiger partial charge in [-0.05, 0) is 30.5 Å². The van der Waals surface area contributed by atoms with Gasteiger partial charge in [0.1, 0.15) is 0 Å². The molecule has 1 unspecified atom stereocenters. The number of aromatic nitrogens is 2. The van der Waals surface area contributed by atoms with Crippen LogP contribution in [-0.2, 0) is 13.0 Å². The van der Waals surface area contributed by atoms with Gasteiger partial charge in [-0.1, -0.05) is 24.3 Å². The van der Waals surface area contributed by atoms with E-state index in [1.807, 2.05) is 6.07 Å². The number of halogens is 1. The van der Waals surface area contributed by atoms with E-state index in [2.05, 4.69) is 55.9 Å². The van der Waals surface area contributed by atoms with Crippen LogP contribution in [0.2, 0.25) is 0 Å². The highest BCUT2D eigenvalue weighted by Crippen LogP contribution is 2.20. The van der Waals surface area contributed by atoms with Crippen molar-refractivity contribution in [2.75, 3.05) is 44.2 Å². The van der Waals surface area contributed by atoms with Crippen LogP contribution in [0.15, 0.2) is 47.7 Å². The summed E-state index contributed by atoms with van der Waals surface area (Å²) in [6, 6.07) is 11.0. The molecule has 8 heteroatoms. The molecule has 0 saturated carbocycles. The van der Waals surface area contributed by atoms with Gasteiger partial charge in [0.2, 0.25) is 5.95 Å². The fourth-order valence-electron chi connectivity index (χ4n) is 3.92. The maximum Gasteiger partial charge on any atom is 0.225 e. The lowest BCUT2D eigenvalue weighted by Gasteiger charge is -2.36. The fourth-order valence-corrected chi connectivity index (χ4v) is 3.92. The molecular formula is C21H30IN7. The van der Waals surface area contributed by atoms with Crippen molar-refractivity contribution in [3.63, 3.8) is 0 Å². The molecule has 29 heavy (non-hydrogen) atoms. The Labute approximate surface area is 190 Å².